The van der Waals surface area contributed by atoms with Crippen LogP contribution in [0.4, 0.5) is 0 Å². The molecule has 0 fully saturated rings. The van der Waals surface area contributed by atoms with Gasteiger partial charge < -0.3 is 4.90 Å². The first kappa shape index (κ1) is 10.6. The van der Waals surface area contributed by atoms with Crippen LogP contribution in [0.25, 0.3) is 0 Å². The first-order valence-corrected chi connectivity index (χ1v) is 6.22. The number of thiocarbonyl (C=S) groups is 1. The molecule has 0 amide bonds. The molecule has 0 N–H and O–H groups in total. The molecule has 0 aromatic heterocycles. The fourth-order valence-corrected chi connectivity index (χ4v) is 2.73. The van der Waals surface area contributed by atoms with E-state index in [0.29, 0.717) is 0 Å². The Morgan fingerprint density at radius 1 is 1.40 bits per heavy atom. The van der Waals surface area contributed by atoms with Crippen LogP contribution in [0.5, 0.6) is 0 Å². The van der Waals surface area contributed by atoms with Gasteiger partial charge in [0.2, 0.25) is 0 Å². The molecule has 0 aromatic rings. The summed E-state index contributed by atoms with van der Waals surface area (Å²) < 4.78 is 0.998. The van der Waals surface area contributed by atoms with Crippen molar-refractivity contribution in [2.24, 2.45) is 0 Å². The highest BCUT2D eigenvalue weighted by Crippen LogP contribution is 2.21. The average molecular weight is 195 g/mol. The maximum absolute atomic E-state index is 5.14. The molecular weight excluding hydrogens is 182 g/mol. The van der Waals surface area contributed by atoms with E-state index in [4.69, 9.17) is 12.2 Å². The summed E-state index contributed by atoms with van der Waals surface area (Å²) in [6.45, 7) is 6.28. The van der Waals surface area contributed by atoms with Crippen molar-refractivity contribution in [3.8, 4) is 0 Å². The quantitative estimate of drug-likeness (QED) is 0.503. The molecule has 0 spiro atoms. The van der Waals surface area contributed by atoms with E-state index in [1.165, 1.54) is 0 Å². The normalized spacial score (nSPS) is 9.50. The summed E-state index contributed by atoms with van der Waals surface area (Å²) in [6, 6.07) is 0. The Morgan fingerprint density at radius 2 is 1.90 bits per heavy atom. The first-order chi connectivity index (χ1) is 4.76. The molecule has 0 radical (unpaired) electrons. The number of hydrogen-bond acceptors (Lipinski definition) is 3. The lowest BCUT2D eigenvalue weighted by Gasteiger charge is -2.19. The van der Waals surface area contributed by atoms with Crippen molar-refractivity contribution in [1.29, 1.82) is 0 Å². The Bertz CT molecular complexity index is 101. The van der Waals surface area contributed by atoms with Gasteiger partial charge in [0, 0.05) is 13.1 Å². The van der Waals surface area contributed by atoms with E-state index in [1.54, 1.807) is 21.6 Å². The molecule has 0 aliphatic carbocycles. The summed E-state index contributed by atoms with van der Waals surface area (Å²) >= 11 is 5.14. The van der Waals surface area contributed by atoms with E-state index >= 15 is 0 Å². The summed E-state index contributed by atoms with van der Waals surface area (Å²) in [5.41, 5.74) is 0. The molecule has 0 saturated heterocycles. The molecule has 0 bridgehead atoms. The fraction of sp³-hybridized carbons (Fsp3) is 0.833. The lowest BCUT2D eigenvalue weighted by molar-refractivity contribution is 0.482. The third kappa shape index (κ3) is 3.68. The standard InChI is InChI=1S/C6H13NS3/c1-4-7(5-2)6(8)10-9-3/h4-5H2,1-3H3. The van der Waals surface area contributed by atoms with Crippen LogP contribution >= 0.6 is 33.8 Å². The molecule has 0 atom stereocenters. The van der Waals surface area contributed by atoms with Gasteiger partial charge >= 0.3 is 0 Å². The number of hydrogen-bond donors (Lipinski definition) is 0. The highest BCUT2D eigenvalue weighted by molar-refractivity contribution is 8.83. The SMILES string of the molecule is CCN(CC)C(=S)SSC. The van der Waals surface area contributed by atoms with Crippen LogP contribution < -0.4 is 0 Å². The largest absolute Gasteiger partial charge is 0.357 e. The molecule has 0 aromatic carbocycles. The van der Waals surface area contributed by atoms with Crippen molar-refractivity contribution < 1.29 is 0 Å². The second-order valence-corrected chi connectivity index (χ2v) is 4.72. The van der Waals surface area contributed by atoms with Gasteiger partial charge in [0.1, 0.15) is 4.32 Å². The minimum atomic E-state index is 0.998. The van der Waals surface area contributed by atoms with E-state index in [2.05, 4.69) is 18.7 Å². The van der Waals surface area contributed by atoms with Gasteiger partial charge in [0.05, 0.1) is 0 Å². The summed E-state index contributed by atoms with van der Waals surface area (Å²) in [5, 5.41) is 0. The van der Waals surface area contributed by atoms with Crippen LogP contribution in [0.3, 0.4) is 0 Å². The van der Waals surface area contributed by atoms with Crippen molar-refractivity contribution in [2.45, 2.75) is 13.8 Å². The van der Waals surface area contributed by atoms with Crippen LogP contribution in [0.1, 0.15) is 13.8 Å². The lowest BCUT2D eigenvalue weighted by atomic mass is 10.6. The molecule has 10 heavy (non-hydrogen) atoms. The van der Waals surface area contributed by atoms with E-state index in [-0.39, 0.29) is 0 Å². The highest BCUT2D eigenvalue weighted by Gasteiger charge is 2.03. The van der Waals surface area contributed by atoms with Crippen LogP contribution in [-0.4, -0.2) is 28.6 Å². The summed E-state index contributed by atoms with van der Waals surface area (Å²) in [7, 11) is 3.37. The minimum absolute atomic E-state index is 0.998. The molecule has 4 heteroatoms. The van der Waals surface area contributed by atoms with Gasteiger partial charge in [0.25, 0.3) is 0 Å². The molecule has 60 valence electrons. The van der Waals surface area contributed by atoms with Crippen LogP contribution in [0.2, 0.25) is 0 Å². The van der Waals surface area contributed by atoms with Gasteiger partial charge in [-0.05, 0) is 30.9 Å². The van der Waals surface area contributed by atoms with Crippen molar-refractivity contribution in [3.05, 3.63) is 0 Å². The molecule has 0 unspecified atom stereocenters. The fourth-order valence-electron chi connectivity index (χ4n) is 0.606. The Kier molecular flexibility index (Phi) is 6.68. The van der Waals surface area contributed by atoms with Gasteiger partial charge in [-0.3, -0.25) is 0 Å². The Balaban J connectivity index is 3.65. The van der Waals surface area contributed by atoms with Crippen molar-refractivity contribution in [2.75, 3.05) is 19.3 Å². The maximum Gasteiger partial charge on any atom is 0.147 e. The van der Waals surface area contributed by atoms with E-state index in [1.807, 2.05) is 6.26 Å². The number of nitrogens with zero attached hydrogens (tertiary/aromatic N) is 1. The topological polar surface area (TPSA) is 3.24 Å². The van der Waals surface area contributed by atoms with Gasteiger partial charge in [-0.25, -0.2) is 0 Å². The molecule has 0 rings (SSSR count). The van der Waals surface area contributed by atoms with Gasteiger partial charge in [0.15, 0.2) is 0 Å². The maximum atomic E-state index is 5.14. The monoisotopic (exact) mass is 195 g/mol. The molecule has 0 aliphatic rings. The summed E-state index contributed by atoms with van der Waals surface area (Å²) in [5.74, 6) is 0. The minimum Gasteiger partial charge on any atom is -0.357 e. The predicted octanol–water partition coefficient (Wildman–Crippen LogP) is 2.62. The molecular formula is C6H13NS3. The molecule has 0 heterocycles. The average Bonchev–Trinajstić information content (AvgIpc) is 1.91. The van der Waals surface area contributed by atoms with E-state index in [9.17, 15) is 0 Å². The van der Waals surface area contributed by atoms with Crippen LogP contribution in [-0.2, 0) is 0 Å². The lowest BCUT2D eigenvalue weighted by Crippen LogP contribution is -2.25. The van der Waals surface area contributed by atoms with Gasteiger partial charge in [-0.1, -0.05) is 23.0 Å². The third-order valence-electron chi connectivity index (χ3n) is 1.18. The van der Waals surface area contributed by atoms with Gasteiger partial charge in [-0.15, -0.1) is 0 Å². The zero-order valence-electron chi connectivity index (χ0n) is 6.59. The molecule has 0 saturated carbocycles. The zero-order chi connectivity index (χ0) is 7.98. The summed E-state index contributed by atoms with van der Waals surface area (Å²) in [4.78, 5) is 2.18. The highest BCUT2D eigenvalue weighted by atomic mass is 33.1. The Hall–Kier alpha value is 0.590. The summed E-state index contributed by atoms with van der Waals surface area (Å²) in [6.07, 6.45) is 2.04. The number of rotatable bonds is 3. The van der Waals surface area contributed by atoms with Gasteiger partial charge in [-0.2, -0.15) is 0 Å². The Labute approximate surface area is 76.3 Å². The smallest absolute Gasteiger partial charge is 0.147 e. The first-order valence-electron chi connectivity index (χ1n) is 3.25. The van der Waals surface area contributed by atoms with Crippen LogP contribution in [0, 0.1) is 0 Å². The van der Waals surface area contributed by atoms with Crippen molar-refractivity contribution >= 4 is 38.1 Å². The van der Waals surface area contributed by atoms with Crippen molar-refractivity contribution in [3.63, 3.8) is 0 Å². The molecule has 0 aliphatic heterocycles. The third-order valence-corrected chi connectivity index (χ3v) is 3.54. The predicted molar refractivity (Wildman–Crippen MR) is 56.6 cm³/mol. The van der Waals surface area contributed by atoms with Crippen LogP contribution in [0.15, 0.2) is 0 Å². The van der Waals surface area contributed by atoms with Crippen molar-refractivity contribution in [1.82, 2.24) is 4.90 Å². The molecule has 1 nitrogen and oxygen atoms in total. The van der Waals surface area contributed by atoms with E-state index in [0.717, 1.165) is 17.4 Å². The Morgan fingerprint density at radius 3 is 2.20 bits per heavy atom. The van der Waals surface area contributed by atoms with E-state index < -0.39 is 0 Å². The second-order valence-electron chi connectivity index (χ2n) is 1.69. The zero-order valence-corrected chi connectivity index (χ0v) is 9.04. The second kappa shape index (κ2) is 6.31.